The fraction of sp³-hybridized carbons (Fsp3) is 0.286. The number of urea groups is 1. The van der Waals surface area contributed by atoms with Crippen LogP contribution in [0.5, 0.6) is 0 Å². The van der Waals surface area contributed by atoms with E-state index in [-0.39, 0.29) is 5.69 Å². The highest BCUT2D eigenvalue weighted by Crippen LogP contribution is 2.36. The highest BCUT2D eigenvalue weighted by molar-refractivity contribution is 6.31. The van der Waals surface area contributed by atoms with Gasteiger partial charge in [0.2, 0.25) is 0 Å². The number of carbonyl (C=O) groups is 1. The van der Waals surface area contributed by atoms with Gasteiger partial charge >= 0.3 is 12.2 Å². The predicted octanol–water partition coefficient (Wildman–Crippen LogP) is 6.93. The molecule has 7 nitrogen and oxygen atoms in total. The molecule has 4 aromatic rings. The first-order valence-electron chi connectivity index (χ1n) is 12.6. The number of amides is 2. The number of rotatable bonds is 8. The number of likely N-dealkylation sites (tertiary alicyclic amines) is 1. The van der Waals surface area contributed by atoms with Gasteiger partial charge < -0.3 is 20.4 Å². The highest BCUT2D eigenvalue weighted by Gasteiger charge is 2.33. The molecule has 0 spiro atoms. The summed E-state index contributed by atoms with van der Waals surface area (Å²) in [5, 5.41) is 5.53. The van der Waals surface area contributed by atoms with Gasteiger partial charge in [0.1, 0.15) is 6.61 Å². The van der Waals surface area contributed by atoms with Gasteiger partial charge in [0.25, 0.3) is 0 Å². The number of alkyl halides is 3. The smallest absolute Gasteiger partial charge is 0.414 e. The van der Waals surface area contributed by atoms with Crippen LogP contribution in [0.15, 0.2) is 67.1 Å². The van der Waals surface area contributed by atoms with Gasteiger partial charge in [0.15, 0.2) is 0 Å². The number of nitrogens with one attached hydrogen (secondary N) is 2. The molecule has 0 saturated carbocycles. The number of hydrogen-bond donors (Lipinski definition) is 2. The molecule has 1 saturated heterocycles. The van der Waals surface area contributed by atoms with E-state index in [4.69, 9.17) is 16.4 Å². The standard InChI is InChI=1S/C28H27ClF3N5O2/c29-25-9-8-21(16-24(25)28(30,31)32)35-27(38)34-20-6-4-19(5-7-20)23-18-37(26-10-11-33-17-22(23)26)39-15-3-14-36-12-1-2-13-36/h4-11,16-18H,1-3,12-15H2,(H2,34,35,38). The summed E-state index contributed by atoms with van der Waals surface area (Å²) in [7, 11) is 0. The summed E-state index contributed by atoms with van der Waals surface area (Å²) >= 11 is 5.64. The van der Waals surface area contributed by atoms with Crippen LogP contribution in [0.25, 0.3) is 22.0 Å². The van der Waals surface area contributed by atoms with E-state index in [9.17, 15) is 18.0 Å². The van der Waals surface area contributed by atoms with Crippen LogP contribution in [0, 0.1) is 0 Å². The molecule has 0 radical (unpaired) electrons. The van der Waals surface area contributed by atoms with Crippen LogP contribution in [0.3, 0.4) is 0 Å². The van der Waals surface area contributed by atoms with Crippen LogP contribution in [0.2, 0.25) is 5.02 Å². The maximum Gasteiger partial charge on any atom is 0.417 e. The van der Waals surface area contributed by atoms with Crippen molar-refractivity contribution in [1.82, 2.24) is 14.6 Å². The Morgan fingerprint density at radius 2 is 1.74 bits per heavy atom. The molecule has 1 aliphatic heterocycles. The van der Waals surface area contributed by atoms with Gasteiger partial charge in [-0.05, 0) is 74.3 Å². The van der Waals surface area contributed by atoms with Crippen molar-refractivity contribution in [1.29, 1.82) is 0 Å². The number of pyridine rings is 1. The van der Waals surface area contributed by atoms with Crippen molar-refractivity contribution in [3.05, 3.63) is 77.7 Å². The lowest BCUT2D eigenvalue weighted by molar-refractivity contribution is -0.137. The number of aromatic nitrogens is 2. The molecule has 1 fully saturated rings. The summed E-state index contributed by atoms with van der Waals surface area (Å²) in [4.78, 5) is 25.2. The lowest BCUT2D eigenvalue weighted by atomic mass is 10.1. The molecule has 2 aromatic heterocycles. The van der Waals surface area contributed by atoms with E-state index in [2.05, 4.69) is 20.5 Å². The molecular formula is C28H27ClF3N5O2. The Labute approximate surface area is 228 Å². The SMILES string of the molecule is O=C(Nc1ccc(-c2cn(OCCCN3CCCC3)c3ccncc23)cc1)Nc1ccc(Cl)c(C(F)(F)F)c1. The maximum absolute atomic E-state index is 13.1. The van der Waals surface area contributed by atoms with Crippen molar-refractivity contribution in [2.24, 2.45) is 0 Å². The zero-order chi connectivity index (χ0) is 27.4. The first kappa shape index (κ1) is 26.8. The van der Waals surface area contributed by atoms with Crippen LogP contribution in [0.4, 0.5) is 29.3 Å². The molecule has 2 amide bonds. The molecule has 39 heavy (non-hydrogen) atoms. The molecule has 0 atom stereocenters. The third kappa shape index (κ3) is 6.46. The highest BCUT2D eigenvalue weighted by atomic mass is 35.5. The molecule has 2 aromatic carbocycles. The summed E-state index contributed by atoms with van der Waals surface area (Å²) in [6, 6.07) is 11.5. The summed E-state index contributed by atoms with van der Waals surface area (Å²) in [6.07, 6.45) is 4.29. The number of halogens is 4. The number of carbonyl (C=O) groups excluding carboxylic acids is 1. The third-order valence-electron chi connectivity index (χ3n) is 6.60. The largest absolute Gasteiger partial charge is 0.417 e. The maximum atomic E-state index is 13.1. The Bertz CT molecular complexity index is 1450. The van der Waals surface area contributed by atoms with Crippen LogP contribution in [0.1, 0.15) is 24.8 Å². The Balaban J connectivity index is 1.24. The normalized spacial score (nSPS) is 14.1. The fourth-order valence-electron chi connectivity index (χ4n) is 4.68. The zero-order valence-electron chi connectivity index (χ0n) is 21.0. The average molecular weight is 558 g/mol. The quantitative estimate of drug-likeness (QED) is 0.230. The first-order valence-corrected chi connectivity index (χ1v) is 13.0. The van der Waals surface area contributed by atoms with Crippen LogP contribution in [-0.2, 0) is 6.18 Å². The van der Waals surface area contributed by atoms with E-state index in [0.717, 1.165) is 60.2 Å². The molecule has 204 valence electrons. The van der Waals surface area contributed by atoms with E-state index < -0.39 is 22.8 Å². The summed E-state index contributed by atoms with van der Waals surface area (Å²) < 4.78 is 41.1. The average Bonchev–Trinajstić information content (AvgIpc) is 3.56. The summed E-state index contributed by atoms with van der Waals surface area (Å²) in [5.41, 5.74) is 2.16. The van der Waals surface area contributed by atoms with Crippen molar-refractivity contribution in [2.45, 2.75) is 25.4 Å². The minimum Gasteiger partial charge on any atom is -0.414 e. The molecule has 5 rings (SSSR count). The minimum absolute atomic E-state index is 0.0263. The van der Waals surface area contributed by atoms with Crippen molar-refractivity contribution in [2.75, 3.05) is 36.9 Å². The van der Waals surface area contributed by atoms with E-state index in [1.807, 2.05) is 24.4 Å². The number of benzene rings is 2. The Kier molecular flexibility index (Phi) is 7.94. The summed E-state index contributed by atoms with van der Waals surface area (Å²) in [5.74, 6) is 0. The molecule has 2 N–H and O–H groups in total. The van der Waals surface area contributed by atoms with Crippen molar-refractivity contribution in [3.8, 4) is 11.1 Å². The van der Waals surface area contributed by atoms with Crippen LogP contribution < -0.4 is 15.5 Å². The molecular weight excluding hydrogens is 531 g/mol. The topological polar surface area (TPSA) is 71.4 Å². The molecule has 3 heterocycles. The van der Waals surface area contributed by atoms with Crippen molar-refractivity contribution >= 4 is 39.9 Å². The number of fused-ring (bicyclic) bond motifs is 1. The number of anilines is 2. The lowest BCUT2D eigenvalue weighted by Crippen LogP contribution is -2.23. The van der Waals surface area contributed by atoms with Gasteiger partial charge in [-0.15, -0.1) is 0 Å². The third-order valence-corrected chi connectivity index (χ3v) is 6.93. The molecule has 1 aliphatic rings. The number of hydrogen-bond acceptors (Lipinski definition) is 4. The Morgan fingerprint density at radius 3 is 2.49 bits per heavy atom. The van der Waals surface area contributed by atoms with Gasteiger partial charge in [-0.2, -0.15) is 17.9 Å². The van der Waals surface area contributed by atoms with Crippen LogP contribution in [-0.4, -0.2) is 46.9 Å². The number of nitrogens with zero attached hydrogens (tertiary/aromatic N) is 3. The van der Waals surface area contributed by atoms with E-state index in [1.165, 1.54) is 18.9 Å². The molecule has 0 bridgehead atoms. The van der Waals surface area contributed by atoms with E-state index in [1.54, 1.807) is 29.3 Å². The van der Waals surface area contributed by atoms with Gasteiger partial charge in [0, 0.05) is 41.3 Å². The van der Waals surface area contributed by atoms with Crippen molar-refractivity contribution in [3.63, 3.8) is 0 Å². The van der Waals surface area contributed by atoms with Crippen molar-refractivity contribution < 1.29 is 22.8 Å². The summed E-state index contributed by atoms with van der Waals surface area (Å²) in [6.45, 7) is 3.94. The predicted molar refractivity (Wildman–Crippen MR) is 146 cm³/mol. The lowest BCUT2D eigenvalue weighted by Gasteiger charge is -2.14. The Morgan fingerprint density at radius 1 is 1.03 bits per heavy atom. The monoisotopic (exact) mass is 557 g/mol. The van der Waals surface area contributed by atoms with Crippen LogP contribution >= 0.6 is 11.6 Å². The molecule has 0 aliphatic carbocycles. The molecule has 11 heteroatoms. The first-order chi connectivity index (χ1) is 18.8. The fourth-order valence-corrected chi connectivity index (χ4v) is 4.91. The van der Waals surface area contributed by atoms with Gasteiger partial charge in [0.05, 0.1) is 22.3 Å². The minimum atomic E-state index is -4.63. The van der Waals surface area contributed by atoms with Gasteiger partial charge in [-0.3, -0.25) is 4.98 Å². The second kappa shape index (κ2) is 11.5. The Hall–Kier alpha value is -3.76. The van der Waals surface area contributed by atoms with Gasteiger partial charge in [-0.25, -0.2) is 4.79 Å². The van der Waals surface area contributed by atoms with E-state index in [0.29, 0.717) is 12.3 Å². The second-order valence-electron chi connectivity index (χ2n) is 9.35. The van der Waals surface area contributed by atoms with Gasteiger partial charge in [-0.1, -0.05) is 23.7 Å². The van der Waals surface area contributed by atoms with E-state index >= 15 is 0 Å². The second-order valence-corrected chi connectivity index (χ2v) is 9.75. The zero-order valence-corrected chi connectivity index (χ0v) is 21.7. The molecule has 0 unspecified atom stereocenters.